The molecular formula is C25H25ClN2O2. The van der Waals surface area contributed by atoms with Gasteiger partial charge in [0.15, 0.2) is 5.75 Å². The lowest BCUT2D eigenvalue weighted by Crippen LogP contribution is -2.43. The number of amides is 1. The number of carbonyl (C=O) groups is 1. The summed E-state index contributed by atoms with van der Waals surface area (Å²) in [6.45, 7) is 1.53. The van der Waals surface area contributed by atoms with E-state index in [9.17, 15) is 4.79 Å². The Hall–Kier alpha value is -2.98. The van der Waals surface area contributed by atoms with Gasteiger partial charge in [0.25, 0.3) is 0 Å². The third-order valence-electron chi connectivity index (χ3n) is 5.33. The zero-order chi connectivity index (χ0) is 20.8. The highest BCUT2D eigenvalue weighted by Crippen LogP contribution is 2.31. The molecule has 0 aromatic heterocycles. The van der Waals surface area contributed by atoms with Gasteiger partial charge in [0.1, 0.15) is 5.75 Å². The normalized spacial score (nSPS) is 14.4. The number of anilines is 1. The lowest BCUT2D eigenvalue weighted by molar-refractivity contribution is -0.131. The number of rotatable bonds is 6. The number of ether oxygens (including phenoxy) is 1. The Balaban J connectivity index is 1.33. The van der Waals surface area contributed by atoms with Crippen molar-refractivity contribution in [2.45, 2.75) is 25.3 Å². The third-order valence-corrected chi connectivity index (χ3v) is 5.59. The van der Waals surface area contributed by atoms with Gasteiger partial charge in [-0.25, -0.2) is 0 Å². The topological polar surface area (TPSA) is 41.6 Å². The number of hydrogen-bond acceptors (Lipinski definition) is 3. The summed E-state index contributed by atoms with van der Waals surface area (Å²) in [6.07, 6.45) is 2.29. The number of carbonyl (C=O) groups excluding carboxylic acids is 1. The van der Waals surface area contributed by atoms with Crippen molar-refractivity contribution in [2.24, 2.45) is 0 Å². The first-order valence-corrected chi connectivity index (χ1v) is 10.7. The van der Waals surface area contributed by atoms with E-state index < -0.39 is 0 Å². The van der Waals surface area contributed by atoms with E-state index in [2.05, 4.69) is 5.32 Å². The predicted octanol–water partition coefficient (Wildman–Crippen LogP) is 5.78. The number of hydrogen-bond donors (Lipinski definition) is 1. The van der Waals surface area contributed by atoms with Crippen LogP contribution in [0.3, 0.4) is 0 Å². The molecule has 1 N–H and O–H groups in total. The van der Waals surface area contributed by atoms with Crippen LogP contribution in [0.4, 0.5) is 5.69 Å². The molecule has 1 aliphatic rings. The van der Waals surface area contributed by atoms with Crippen molar-refractivity contribution >= 4 is 23.2 Å². The monoisotopic (exact) mass is 420 g/mol. The molecule has 5 heteroatoms. The van der Waals surface area contributed by atoms with Gasteiger partial charge in [0, 0.05) is 24.2 Å². The standard InChI is InChI=1S/C25H25ClN2O2/c26-20-10-12-22(13-11-20)30-24-9-5-4-8-23(24)27-21-14-16-28(17-15-21)25(29)18-19-6-2-1-3-7-19/h1-13,21,27H,14-18H2. The molecule has 0 atom stereocenters. The van der Waals surface area contributed by atoms with Gasteiger partial charge in [-0.2, -0.15) is 0 Å². The quantitative estimate of drug-likeness (QED) is 0.549. The fourth-order valence-corrected chi connectivity index (χ4v) is 3.81. The Morgan fingerprint density at radius 3 is 2.33 bits per heavy atom. The minimum atomic E-state index is 0.200. The highest BCUT2D eigenvalue weighted by atomic mass is 35.5. The molecule has 30 heavy (non-hydrogen) atoms. The van der Waals surface area contributed by atoms with Crippen LogP contribution in [0.25, 0.3) is 0 Å². The minimum Gasteiger partial charge on any atom is -0.455 e. The molecule has 4 rings (SSSR count). The van der Waals surface area contributed by atoms with Crippen molar-refractivity contribution in [1.29, 1.82) is 0 Å². The molecule has 0 unspecified atom stereocenters. The molecular weight excluding hydrogens is 396 g/mol. The van der Waals surface area contributed by atoms with E-state index in [0.717, 1.165) is 48.7 Å². The predicted molar refractivity (Wildman–Crippen MR) is 121 cm³/mol. The van der Waals surface area contributed by atoms with E-state index in [1.165, 1.54) is 0 Å². The second-order valence-corrected chi connectivity index (χ2v) is 7.95. The van der Waals surface area contributed by atoms with Crippen LogP contribution in [0.1, 0.15) is 18.4 Å². The number of halogens is 1. The zero-order valence-corrected chi connectivity index (χ0v) is 17.5. The van der Waals surface area contributed by atoms with E-state index in [1.54, 1.807) is 0 Å². The summed E-state index contributed by atoms with van der Waals surface area (Å²) < 4.78 is 6.05. The number of nitrogens with one attached hydrogen (secondary N) is 1. The van der Waals surface area contributed by atoms with Crippen molar-refractivity contribution in [3.8, 4) is 11.5 Å². The largest absolute Gasteiger partial charge is 0.455 e. The molecule has 1 heterocycles. The summed E-state index contributed by atoms with van der Waals surface area (Å²) in [7, 11) is 0. The van der Waals surface area contributed by atoms with Gasteiger partial charge in [-0.05, 0) is 54.8 Å². The first-order chi connectivity index (χ1) is 14.7. The molecule has 3 aromatic rings. The second kappa shape index (κ2) is 9.68. The first kappa shape index (κ1) is 20.3. The SMILES string of the molecule is O=C(Cc1ccccc1)N1CCC(Nc2ccccc2Oc2ccc(Cl)cc2)CC1. The summed E-state index contributed by atoms with van der Waals surface area (Å²) in [5.74, 6) is 1.73. The van der Waals surface area contributed by atoms with Crippen molar-refractivity contribution in [2.75, 3.05) is 18.4 Å². The van der Waals surface area contributed by atoms with Crippen LogP contribution in [0.15, 0.2) is 78.9 Å². The van der Waals surface area contributed by atoms with E-state index in [0.29, 0.717) is 17.5 Å². The Kier molecular flexibility index (Phi) is 6.55. The van der Waals surface area contributed by atoms with Gasteiger partial charge in [0.2, 0.25) is 5.91 Å². The van der Waals surface area contributed by atoms with Crippen LogP contribution < -0.4 is 10.1 Å². The maximum Gasteiger partial charge on any atom is 0.226 e. The lowest BCUT2D eigenvalue weighted by Gasteiger charge is -2.33. The number of benzene rings is 3. The van der Waals surface area contributed by atoms with Crippen LogP contribution in [0, 0.1) is 0 Å². The molecule has 1 amide bonds. The number of likely N-dealkylation sites (tertiary alicyclic amines) is 1. The molecule has 154 valence electrons. The van der Waals surface area contributed by atoms with Crippen LogP contribution in [-0.2, 0) is 11.2 Å². The van der Waals surface area contributed by atoms with Gasteiger partial charge in [-0.15, -0.1) is 0 Å². The molecule has 3 aromatic carbocycles. The van der Waals surface area contributed by atoms with Crippen LogP contribution in [-0.4, -0.2) is 29.9 Å². The molecule has 1 saturated heterocycles. The molecule has 1 fully saturated rings. The number of para-hydroxylation sites is 2. The average Bonchev–Trinajstić information content (AvgIpc) is 2.78. The van der Waals surface area contributed by atoms with Gasteiger partial charge in [-0.1, -0.05) is 54.1 Å². The van der Waals surface area contributed by atoms with E-state index in [-0.39, 0.29) is 5.91 Å². The summed E-state index contributed by atoms with van der Waals surface area (Å²) in [5, 5.41) is 4.28. The molecule has 4 nitrogen and oxygen atoms in total. The highest BCUT2D eigenvalue weighted by molar-refractivity contribution is 6.30. The maximum absolute atomic E-state index is 12.6. The van der Waals surface area contributed by atoms with Crippen molar-refractivity contribution < 1.29 is 9.53 Å². The Morgan fingerprint density at radius 2 is 1.60 bits per heavy atom. The maximum atomic E-state index is 12.6. The van der Waals surface area contributed by atoms with E-state index >= 15 is 0 Å². The van der Waals surface area contributed by atoms with Gasteiger partial charge in [-0.3, -0.25) is 4.79 Å². The molecule has 1 aliphatic heterocycles. The molecule has 0 spiro atoms. The minimum absolute atomic E-state index is 0.200. The van der Waals surface area contributed by atoms with Crippen molar-refractivity contribution in [1.82, 2.24) is 4.90 Å². The van der Waals surface area contributed by atoms with Crippen molar-refractivity contribution in [3.05, 3.63) is 89.4 Å². The lowest BCUT2D eigenvalue weighted by atomic mass is 10.0. The summed E-state index contributed by atoms with van der Waals surface area (Å²) in [6, 6.07) is 25.5. The highest BCUT2D eigenvalue weighted by Gasteiger charge is 2.23. The van der Waals surface area contributed by atoms with Crippen LogP contribution in [0.2, 0.25) is 5.02 Å². The summed E-state index contributed by atoms with van der Waals surface area (Å²) in [4.78, 5) is 14.6. The van der Waals surface area contributed by atoms with Crippen LogP contribution >= 0.6 is 11.6 Å². The Bertz CT molecular complexity index is 968. The van der Waals surface area contributed by atoms with E-state index in [4.69, 9.17) is 16.3 Å². The molecule has 0 bridgehead atoms. The van der Waals surface area contributed by atoms with Gasteiger partial charge < -0.3 is 15.0 Å². The van der Waals surface area contributed by atoms with Crippen molar-refractivity contribution in [3.63, 3.8) is 0 Å². The molecule has 0 aliphatic carbocycles. The third kappa shape index (κ3) is 5.33. The average molecular weight is 421 g/mol. The Labute approximate surface area is 182 Å². The smallest absolute Gasteiger partial charge is 0.226 e. The van der Waals surface area contributed by atoms with Crippen LogP contribution in [0.5, 0.6) is 11.5 Å². The van der Waals surface area contributed by atoms with E-state index in [1.807, 2.05) is 83.8 Å². The fraction of sp³-hybridized carbons (Fsp3) is 0.240. The molecule has 0 radical (unpaired) electrons. The Morgan fingerprint density at radius 1 is 0.933 bits per heavy atom. The summed E-state index contributed by atoms with van der Waals surface area (Å²) >= 11 is 5.96. The first-order valence-electron chi connectivity index (χ1n) is 10.3. The fourth-order valence-electron chi connectivity index (χ4n) is 3.68. The second-order valence-electron chi connectivity index (χ2n) is 7.51. The van der Waals surface area contributed by atoms with Gasteiger partial charge in [0.05, 0.1) is 12.1 Å². The molecule has 0 saturated carbocycles. The summed E-state index contributed by atoms with van der Waals surface area (Å²) in [5.41, 5.74) is 2.03. The zero-order valence-electron chi connectivity index (χ0n) is 16.8. The number of piperidine rings is 1. The number of nitrogens with zero attached hydrogens (tertiary/aromatic N) is 1. The van der Waals surface area contributed by atoms with Gasteiger partial charge >= 0.3 is 0 Å².